The fraction of sp³-hybridized carbons (Fsp3) is 0.200. The minimum Gasteiger partial charge on any atom is -0.424 e. The van der Waals surface area contributed by atoms with Gasteiger partial charge in [0.25, 0.3) is 0 Å². The van der Waals surface area contributed by atoms with E-state index in [9.17, 15) is 18.0 Å². The van der Waals surface area contributed by atoms with Gasteiger partial charge in [-0.1, -0.05) is 11.2 Å². The van der Waals surface area contributed by atoms with E-state index in [4.69, 9.17) is 9.05 Å². The molecular formula is C20H16F3N7O3. The van der Waals surface area contributed by atoms with Crippen molar-refractivity contribution in [2.24, 2.45) is 0 Å². The fourth-order valence-corrected chi connectivity index (χ4v) is 3.03. The number of carbonyl (C=O) groups excluding carboxylic acids is 1. The van der Waals surface area contributed by atoms with Crippen molar-refractivity contribution in [1.82, 2.24) is 20.4 Å². The van der Waals surface area contributed by atoms with Crippen LogP contribution in [0.15, 0.2) is 51.9 Å². The van der Waals surface area contributed by atoms with Crippen molar-refractivity contribution in [2.45, 2.75) is 26.6 Å². The number of halogens is 3. The number of amides is 2. The Morgan fingerprint density at radius 3 is 2.67 bits per heavy atom. The first-order valence-corrected chi connectivity index (χ1v) is 9.49. The molecule has 0 aromatic carbocycles. The van der Waals surface area contributed by atoms with Crippen LogP contribution in [0, 0.1) is 13.8 Å². The van der Waals surface area contributed by atoms with E-state index in [1.807, 2.05) is 19.9 Å². The van der Waals surface area contributed by atoms with Crippen molar-refractivity contribution in [3.63, 3.8) is 0 Å². The SMILES string of the molecule is Cc1noc(C)c1-c1ccc(C[n+]2cc([N-]C(=O)Nc3ccnc(C(F)(F)F)c3)on2)nc1. The van der Waals surface area contributed by atoms with Gasteiger partial charge in [0.05, 0.1) is 5.69 Å². The van der Waals surface area contributed by atoms with Gasteiger partial charge in [-0.25, -0.2) is 0 Å². The quantitative estimate of drug-likeness (QED) is 0.441. The van der Waals surface area contributed by atoms with Crippen LogP contribution in [0.2, 0.25) is 0 Å². The number of anilines is 1. The predicted molar refractivity (Wildman–Crippen MR) is 106 cm³/mol. The van der Waals surface area contributed by atoms with Crippen LogP contribution in [-0.2, 0) is 12.7 Å². The summed E-state index contributed by atoms with van der Waals surface area (Å²) in [5.74, 6) is 0.559. The molecule has 0 aliphatic heterocycles. The second-order valence-corrected chi connectivity index (χ2v) is 6.94. The van der Waals surface area contributed by atoms with Gasteiger partial charge in [0.1, 0.15) is 17.1 Å². The summed E-state index contributed by atoms with van der Waals surface area (Å²) in [7, 11) is 0. The monoisotopic (exact) mass is 459 g/mol. The summed E-state index contributed by atoms with van der Waals surface area (Å²) in [6.45, 7) is 3.90. The number of nitrogens with zero attached hydrogens (tertiary/aromatic N) is 6. The van der Waals surface area contributed by atoms with Crippen LogP contribution in [0.25, 0.3) is 16.4 Å². The normalized spacial score (nSPS) is 11.4. The molecule has 0 bridgehead atoms. The highest BCUT2D eigenvalue weighted by Gasteiger charge is 2.32. The Kier molecular flexibility index (Phi) is 5.77. The zero-order chi connectivity index (χ0) is 23.6. The Bertz CT molecular complexity index is 1260. The average Bonchev–Trinajstić information content (AvgIpc) is 3.33. The third kappa shape index (κ3) is 5.14. The summed E-state index contributed by atoms with van der Waals surface area (Å²) < 4.78 is 49.7. The molecule has 4 aromatic heterocycles. The minimum absolute atomic E-state index is 0.110. The van der Waals surface area contributed by atoms with E-state index in [-0.39, 0.29) is 18.1 Å². The topological polar surface area (TPSA) is 125 Å². The number of rotatable bonds is 5. The Balaban J connectivity index is 1.37. The molecule has 0 atom stereocenters. The lowest BCUT2D eigenvalue weighted by Crippen LogP contribution is -2.35. The van der Waals surface area contributed by atoms with E-state index in [1.54, 1.807) is 12.3 Å². The summed E-state index contributed by atoms with van der Waals surface area (Å²) in [6.07, 6.45) is -0.652. The lowest BCUT2D eigenvalue weighted by atomic mass is 10.1. The molecule has 4 rings (SSSR count). The molecule has 0 unspecified atom stereocenters. The van der Waals surface area contributed by atoms with Crippen molar-refractivity contribution >= 4 is 17.6 Å². The first-order chi connectivity index (χ1) is 15.7. The number of pyridine rings is 2. The molecule has 0 fully saturated rings. The summed E-state index contributed by atoms with van der Waals surface area (Å²) in [5.41, 5.74) is 1.92. The first-order valence-electron chi connectivity index (χ1n) is 9.49. The maximum Gasteiger partial charge on any atom is 0.433 e. The average molecular weight is 459 g/mol. The number of aryl methyl sites for hydroxylation is 2. The van der Waals surface area contributed by atoms with Crippen LogP contribution in [0.1, 0.15) is 22.8 Å². The molecule has 0 radical (unpaired) electrons. The number of urea groups is 1. The van der Waals surface area contributed by atoms with E-state index < -0.39 is 17.9 Å². The molecule has 4 heterocycles. The molecule has 0 spiro atoms. The van der Waals surface area contributed by atoms with Crippen LogP contribution in [0.5, 0.6) is 0 Å². The van der Waals surface area contributed by atoms with Gasteiger partial charge < -0.3 is 19.7 Å². The molecule has 33 heavy (non-hydrogen) atoms. The van der Waals surface area contributed by atoms with Crippen LogP contribution < -0.4 is 10.00 Å². The number of carbonyl (C=O) groups is 1. The van der Waals surface area contributed by atoms with E-state index in [1.165, 1.54) is 16.9 Å². The van der Waals surface area contributed by atoms with Crippen LogP contribution in [-0.4, -0.2) is 26.4 Å². The Hall–Kier alpha value is -4.29. The standard InChI is InChI=1S/C20H16F3N7O3/c1-11-18(12(2)32-28-11)13-3-4-15(25-8-13)9-30-10-17(33-29-30)27-19(31)26-14-5-6-24-16(7-14)20(21,22)23/h3-8,10H,9H2,1-2H3,(H-,24,26,27,29,31). The van der Waals surface area contributed by atoms with Gasteiger partial charge in [-0.3, -0.25) is 14.8 Å². The maximum absolute atomic E-state index is 12.7. The molecule has 13 heteroatoms. The Labute approximate surface area is 184 Å². The van der Waals surface area contributed by atoms with E-state index in [2.05, 4.69) is 31.0 Å². The van der Waals surface area contributed by atoms with E-state index in [0.29, 0.717) is 17.5 Å². The van der Waals surface area contributed by atoms with Gasteiger partial charge >= 0.3 is 6.18 Å². The molecule has 170 valence electrons. The Morgan fingerprint density at radius 2 is 2.00 bits per heavy atom. The van der Waals surface area contributed by atoms with Gasteiger partial charge in [-0.2, -0.15) is 13.2 Å². The van der Waals surface area contributed by atoms with Crippen LogP contribution in [0.4, 0.5) is 29.5 Å². The molecule has 0 saturated heterocycles. The number of nitrogens with one attached hydrogen (secondary N) is 1. The first kappa shape index (κ1) is 21.9. The number of alkyl halides is 3. The molecular weight excluding hydrogens is 443 g/mol. The van der Waals surface area contributed by atoms with E-state index in [0.717, 1.165) is 23.0 Å². The van der Waals surface area contributed by atoms with Crippen molar-refractivity contribution in [3.05, 3.63) is 71.0 Å². The molecule has 0 saturated carbocycles. The number of aromatic nitrogens is 5. The molecule has 0 aliphatic carbocycles. The van der Waals surface area contributed by atoms with Gasteiger partial charge in [-0.15, -0.1) is 0 Å². The highest BCUT2D eigenvalue weighted by molar-refractivity contribution is 6.03. The van der Waals surface area contributed by atoms with Gasteiger partial charge in [-0.05, 0) is 42.4 Å². The van der Waals surface area contributed by atoms with Crippen molar-refractivity contribution in [2.75, 3.05) is 5.32 Å². The second kappa shape index (κ2) is 8.68. The highest BCUT2D eigenvalue weighted by atomic mass is 19.4. The molecule has 2 amide bonds. The fourth-order valence-electron chi connectivity index (χ4n) is 3.03. The predicted octanol–water partition coefficient (Wildman–Crippen LogP) is 4.33. The van der Waals surface area contributed by atoms with Crippen molar-refractivity contribution in [3.8, 4) is 11.1 Å². The third-order valence-electron chi connectivity index (χ3n) is 4.48. The zero-order valence-electron chi connectivity index (χ0n) is 17.3. The van der Waals surface area contributed by atoms with Crippen molar-refractivity contribution < 1.29 is 31.7 Å². The largest absolute Gasteiger partial charge is 0.433 e. The maximum atomic E-state index is 12.7. The lowest BCUT2D eigenvalue weighted by molar-refractivity contribution is -0.755. The Morgan fingerprint density at radius 1 is 1.18 bits per heavy atom. The third-order valence-corrected chi connectivity index (χ3v) is 4.48. The minimum atomic E-state index is -4.63. The van der Waals surface area contributed by atoms with Gasteiger partial charge in [0.15, 0.2) is 11.3 Å². The summed E-state index contributed by atoms with van der Waals surface area (Å²) in [4.78, 5) is 19.6. The van der Waals surface area contributed by atoms with Crippen molar-refractivity contribution in [1.29, 1.82) is 0 Å². The summed E-state index contributed by atoms with van der Waals surface area (Å²) in [5, 5.41) is 13.5. The second-order valence-electron chi connectivity index (χ2n) is 6.94. The van der Waals surface area contributed by atoms with Crippen LogP contribution in [0.3, 0.4) is 0 Å². The molecule has 0 aliphatic rings. The van der Waals surface area contributed by atoms with E-state index >= 15 is 0 Å². The molecule has 1 N–H and O–H groups in total. The summed E-state index contributed by atoms with van der Waals surface area (Å²) >= 11 is 0. The lowest BCUT2D eigenvalue weighted by Gasteiger charge is -2.14. The summed E-state index contributed by atoms with van der Waals surface area (Å²) in [6, 6.07) is 4.65. The zero-order valence-corrected chi connectivity index (χ0v) is 17.3. The number of hydrogen-bond acceptors (Lipinski definition) is 7. The number of hydrogen-bond donors (Lipinski definition) is 1. The molecule has 4 aromatic rings. The molecule has 10 nitrogen and oxygen atoms in total. The highest BCUT2D eigenvalue weighted by Crippen LogP contribution is 2.29. The van der Waals surface area contributed by atoms with Crippen LogP contribution >= 0.6 is 0 Å². The van der Waals surface area contributed by atoms with Gasteiger partial charge in [0.2, 0.25) is 18.6 Å². The smallest absolute Gasteiger partial charge is 0.424 e. The van der Waals surface area contributed by atoms with Gasteiger partial charge in [0, 0.05) is 23.5 Å².